The number of thioether (sulfide) groups is 1. The number of amides is 1. The lowest BCUT2D eigenvalue weighted by Crippen LogP contribution is -2.54. The molecule has 0 saturated carbocycles. The van der Waals surface area contributed by atoms with Crippen LogP contribution in [0.2, 0.25) is 0 Å². The second-order valence-corrected chi connectivity index (χ2v) is 11.2. The fourth-order valence-corrected chi connectivity index (χ4v) is 6.82. The predicted octanol–water partition coefficient (Wildman–Crippen LogP) is 4.99. The van der Waals surface area contributed by atoms with Gasteiger partial charge in [-0.3, -0.25) is 9.36 Å². The Balaban J connectivity index is 1.82. The van der Waals surface area contributed by atoms with Crippen molar-refractivity contribution in [2.75, 3.05) is 50.8 Å². The molecule has 15 heteroatoms. The number of hydrogen-bond donors (Lipinski definition) is 0. The van der Waals surface area contributed by atoms with Crippen LogP contribution < -0.4 is 10.6 Å². The molecule has 2 aliphatic heterocycles. The lowest BCUT2D eigenvalue weighted by Gasteiger charge is -2.41. The molecule has 2 aliphatic rings. The SMILES string of the molecule is C=CC(=O)N1CCN(c2nc(=O)n3c4c(c(-c5cc(F)c(F)cc5F)c(C(F)(F)F)cc24)SC[C@@H]3COCOC)[C@@H](C)C1. The molecular formula is C28H26F6N4O4S. The third-order valence-electron chi connectivity index (χ3n) is 7.41. The summed E-state index contributed by atoms with van der Waals surface area (Å²) < 4.78 is 98.9. The van der Waals surface area contributed by atoms with E-state index in [2.05, 4.69) is 11.6 Å². The van der Waals surface area contributed by atoms with Gasteiger partial charge in [0.2, 0.25) is 5.91 Å². The largest absolute Gasteiger partial charge is 0.417 e. The van der Waals surface area contributed by atoms with Crippen LogP contribution in [0.5, 0.6) is 0 Å². The van der Waals surface area contributed by atoms with Crippen molar-refractivity contribution >= 4 is 34.4 Å². The second-order valence-electron chi connectivity index (χ2n) is 10.1. The van der Waals surface area contributed by atoms with Gasteiger partial charge in [0.15, 0.2) is 11.6 Å². The number of ether oxygens (including phenoxy) is 2. The number of benzene rings is 2. The molecule has 0 spiro atoms. The van der Waals surface area contributed by atoms with Crippen molar-refractivity contribution in [2.24, 2.45) is 0 Å². The highest BCUT2D eigenvalue weighted by Gasteiger charge is 2.41. The van der Waals surface area contributed by atoms with Crippen LogP contribution in [-0.4, -0.2) is 72.3 Å². The maximum absolute atomic E-state index is 15.1. The van der Waals surface area contributed by atoms with Crippen molar-refractivity contribution < 1.29 is 40.6 Å². The van der Waals surface area contributed by atoms with Gasteiger partial charge >= 0.3 is 11.9 Å². The highest BCUT2D eigenvalue weighted by atomic mass is 32.2. The second kappa shape index (κ2) is 11.8. The molecule has 0 radical (unpaired) electrons. The number of methoxy groups -OCH3 is 1. The van der Waals surface area contributed by atoms with Crippen molar-refractivity contribution in [3.63, 3.8) is 0 Å². The number of rotatable bonds is 7. The monoisotopic (exact) mass is 628 g/mol. The van der Waals surface area contributed by atoms with E-state index in [4.69, 9.17) is 9.47 Å². The van der Waals surface area contributed by atoms with Crippen LogP contribution >= 0.6 is 11.8 Å². The number of nitrogens with zero attached hydrogens (tertiary/aromatic N) is 4. The van der Waals surface area contributed by atoms with E-state index in [1.54, 1.807) is 11.8 Å². The van der Waals surface area contributed by atoms with Crippen molar-refractivity contribution in [3.05, 3.63) is 64.4 Å². The molecule has 1 amide bonds. The zero-order chi connectivity index (χ0) is 31.2. The number of hydrogen-bond acceptors (Lipinski definition) is 7. The van der Waals surface area contributed by atoms with E-state index in [1.165, 1.54) is 16.6 Å². The Kier molecular flexibility index (Phi) is 8.51. The first-order valence-corrected chi connectivity index (χ1v) is 14.1. The lowest BCUT2D eigenvalue weighted by atomic mass is 9.95. The summed E-state index contributed by atoms with van der Waals surface area (Å²) in [6, 6.07) is 0.186. The molecule has 3 heterocycles. The van der Waals surface area contributed by atoms with Crippen LogP contribution in [0.1, 0.15) is 18.5 Å². The van der Waals surface area contributed by atoms with E-state index in [9.17, 15) is 31.5 Å². The minimum atomic E-state index is -5.06. The molecule has 2 atom stereocenters. The Morgan fingerprint density at radius 3 is 2.53 bits per heavy atom. The molecular weight excluding hydrogens is 602 g/mol. The van der Waals surface area contributed by atoms with E-state index in [-0.39, 0.29) is 72.4 Å². The smallest absolute Gasteiger partial charge is 0.359 e. The molecule has 1 saturated heterocycles. The first kappa shape index (κ1) is 30.9. The summed E-state index contributed by atoms with van der Waals surface area (Å²) >= 11 is 0.916. The molecule has 3 aromatic rings. The molecule has 0 unspecified atom stereocenters. The quantitative estimate of drug-likeness (QED) is 0.120. The number of piperazine rings is 1. The number of aromatic nitrogens is 2. The Bertz CT molecular complexity index is 1660. The minimum absolute atomic E-state index is 0.0289. The number of halogens is 6. The predicted molar refractivity (Wildman–Crippen MR) is 147 cm³/mol. The zero-order valence-corrected chi connectivity index (χ0v) is 23.8. The Morgan fingerprint density at radius 1 is 1.16 bits per heavy atom. The van der Waals surface area contributed by atoms with Gasteiger partial charge in [0.1, 0.15) is 18.4 Å². The Labute approximate surface area is 245 Å². The van der Waals surface area contributed by atoms with Crippen molar-refractivity contribution in [1.82, 2.24) is 14.5 Å². The van der Waals surface area contributed by atoms with Gasteiger partial charge in [-0.05, 0) is 25.1 Å². The van der Waals surface area contributed by atoms with Crippen LogP contribution in [0.3, 0.4) is 0 Å². The van der Waals surface area contributed by atoms with Crippen LogP contribution in [0.15, 0.2) is 40.5 Å². The van der Waals surface area contributed by atoms with Crippen LogP contribution in [0, 0.1) is 17.5 Å². The molecule has 1 fully saturated rings. The van der Waals surface area contributed by atoms with Crippen LogP contribution in [0.25, 0.3) is 22.0 Å². The highest BCUT2D eigenvalue weighted by Crippen LogP contribution is 2.50. The molecule has 0 N–H and O–H groups in total. The van der Waals surface area contributed by atoms with Gasteiger partial charge in [-0.1, -0.05) is 6.58 Å². The van der Waals surface area contributed by atoms with Gasteiger partial charge in [-0.2, -0.15) is 18.2 Å². The van der Waals surface area contributed by atoms with E-state index in [0.29, 0.717) is 6.07 Å². The van der Waals surface area contributed by atoms with Gasteiger partial charge in [0, 0.05) is 66.0 Å². The average molecular weight is 629 g/mol. The highest BCUT2D eigenvalue weighted by molar-refractivity contribution is 7.99. The maximum atomic E-state index is 15.1. The zero-order valence-electron chi connectivity index (χ0n) is 23.0. The summed E-state index contributed by atoms with van der Waals surface area (Å²) in [5, 5.41) is -0.0482. The van der Waals surface area contributed by atoms with Gasteiger partial charge in [0.05, 0.1) is 23.7 Å². The fourth-order valence-electron chi connectivity index (χ4n) is 5.51. The van der Waals surface area contributed by atoms with Crippen molar-refractivity contribution in [3.8, 4) is 11.1 Å². The molecule has 0 bridgehead atoms. The average Bonchev–Trinajstić information content (AvgIpc) is 2.96. The van der Waals surface area contributed by atoms with Gasteiger partial charge < -0.3 is 19.3 Å². The van der Waals surface area contributed by atoms with Crippen LogP contribution in [0.4, 0.5) is 32.2 Å². The maximum Gasteiger partial charge on any atom is 0.417 e. The molecule has 0 aliphatic carbocycles. The van der Waals surface area contributed by atoms with Gasteiger partial charge in [0.25, 0.3) is 0 Å². The molecule has 5 rings (SSSR count). The number of anilines is 1. The van der Waals surface area contributed by atoms with Crippen molar-refractivity contribution in [1.29, 1.82) is 0 Å². The summed E-state index contributed by atoms with van der Waals surface area (Å²) in [5.41, 5.74) is -3.57. The van der Waals surface area contributed by atoms with Crippen LogP contribution in [-0.2, 0) is 20.4 Å². The normalized spacial score (nSPS) is 18.8. The first-order valence-electron chi connectivity index (χ1n) is 13.1. The summed E-state index contributed by atoms with van der Waals surface area (Å²) in [6.07, 6.45) is -3.90. The lowest BCUT2D eigenvalue weighted by molar-refractivity contribution is -0.137. The minimum Gasteiger partial charge on any atom is -0.359 e. The first-order chi connectivity index (χ1) is 20.4. The summed E-state index contributed by atoms with van der Waals surface area (Å²) in [4.78, 5) is 33.1. The molecule has 8 nitrogen and oxygen atoms in total. The Morgan fingerprint density at radius 2 is 1.88 bits per heavy atom. The number of alkyl halides is 3. The molecule has 2 aromatic carbocycles. The number of carbonyl (C=O) groups excluding carboxylic acids is 1. The number of carbonyl (C=O) groups is 1. The fraction of sp³-hybridized carbons (Fsp3) is 0.393. The summed E-state index contributed by atoms with van der Waals surface area (Å²) in [6.45, 7) is 5.59. The van der Waals surface area contributed by atoms with Crippen molar-refractivity contribution in [2.45, 2.75) is 30.1 Å². The van der Waals surface area contributed by atoms with Gasteiger partial charge in [-0.15, -0.1) is 11.8 Å². The Hall–Kier alpha value is -3.56. The molecule has 43 heavy (non-hydrogen) atoms. The van der Waals surface area contributed by atoms with E-state index >= 15 is 4.39 Å². The van der Waals surface area contributed by atoms with E-state index in [0.717, 1.165) is 23.9 Å². The summed E-state index contributed by atoms with van der Waals surface area (Å²) in [7, 11) is 1.40. The summed E-state index contributed by atoms with van der Waals surface area (Å²) in [5.74, 6) is -4.81. The molecule has 230 valence electrons. The van der Waals surface area contributed by atoms with Gasteiger partial charge in [-0.25, -0.2) is 18.0 Å². The van der Waals surface area contributed by atoms with E-state index in [1.807, 2.05) is 0 Å². The standard InChI is InChI=1S/C28H26F6N4O4S/c1-4-22(39)36-5-6-37(14(2)10-36)26-17-7-18(28(32,33)34)23(16-8-20(30)21(31)9-19(16)29)25-24(17)38(27(40)35-26)15(12-43-25)11-42-13-41-3/h4,7-9,14-15H,1,5-6,10-13H2,2-3H3/t14-,15-/m0/s1. The topological polar surface area (TPSA) is 76.9 Å². The third-order valence-corrected chi connectivity index (χ3v) is 8.65. The third kappa shape index (κ3) is 5.60. The molecule has 1 aromatic heterocycles. The van der Waals surface area contributed by atoms with E-state index < -0.39 is 58.1 Å².